The van der Waals surface area contributed by atoms with Crippen LogP contribution in [-0.4, -0.2) is 20.9 Å². The van der Waals surface area contributed by atoms with Crippen molar-refractivity contribution in [1.29, 1.82) is 0 Å². The average molecular weight is 391 g/mol. The van der Waals surface area contributed by atoms with Crippen LogP contribution in [0.1, 0.15) is 29.5 Å². The number of halogens is 1. The van der Waals surface area contributed by atoms with Crippen molar-refractivity contribution >= 4 is 38.9 Å². The molecule has 26 heavy (non-hydrogen) atoms. The molecule has 0 aliphatic carbocycles. The molecule has 0 saturated heterocycles. The minimum atomic E-state index is -3.74. The van der Waals surface area contributed by atoms with Crippen LogP contribution in [0.25, 0.3) is 0 Å². The van der Waals surface area contributed by atoms with Gasteiger partial charge in [-0.1, -0.05) is 17.7 Å². The van der Waals surface area contributed by atoms with Crippen LogP contribution in [0, 0.1) is 6.92 Å². The molecule has 7 heteroatoms. The van der Waals surface area contributed by atoms with Crippen molar-refractivity contribution in [3.63, 3.8) is 0 Å². The molecule has 0 unspecified atom stereocenters. The number of aryl methyl sites for hydroxylation is 3. The summed E-state index contributed by atoms with van der Waals surface area (Å²) in [6.45, 7) is 2.48. The average Bonchev–Trinajstić information content (AvgIpc) is 2.59. The number of anilines is 2. The van der Waals surface area contributed by atoms with Crippen molar-refractivity contribution in [3.05, 3.63) is 52.0 Å². The van der Waals surface area contributed by atoms with Crippen LogP contribution < -0.4 is 9.62 Å². The second kappa shape index (κ2) is 6.28. The Morgan fingerprint density at radius 1 is 1.08 bits per heavy atom. The molecule has 1 amide bonds. The van der Waals surface area contributed by atoms with Gasteiger partial charge in [-0.15, -0.1) is 0 Å². The Kier molecular flexibility index (Phi) is 4.20. The van der Waals surface area contributed by atoms with Crippen LogP contribution in [0.4, 0.5) is 11.4 Å². The van der Waals surface area contributed by atoms with Crippen molar-refractivity contribution in [2.24, 2.45) is 0 Å². The molecule has 136 valence electrons. The number of carbonyl (C=O) groups excluding carboxylic acids is 1. The highest BCUT2D eigenvalue weighted by Crippen LogP contribution is 2.38. The van der Waals surface area contributed by atoms with Crippen molar-refractivity contribution in [2.75, 3.05) is 16.2 Å². The summed E-state index contributed by atoms with van der Waals surface area (Å²) in [7, 11) is -3.74. The topological polar surface area (TPSA) is 66.5 Å². The Morgan fingerprint density at radius 3 is 2.58 bits per heavy atom. The molecule has 2 heterocycles. The number of sulfonamides is 1. The second-order valence-corrected chi connectivity index (χ2v) is 8.89. The Bertz CT molecular complexity index is 1000. The van der Waals surface area contributed by atoms with Crippen molar-refractivity contribution in [3.8, 4) is 0 Å². The van der Waals surface area contributed by atoms with E-state index in [2.05, 4.69) is 4.72 Å². The van der Waals surface area contributed by atoms with E-state index in [0.29, 0.717) is 29.1 Å². The first kappa shape index (κ1) is 17.4. The monoisotopic (exact) mass is 390 g/mol. The molecule has 5 nitrogen and oxygen atoms in total. The molecule has 0 atom stereocenters. The lowest BCUT2D eigenvalue weighted by molar-refractivity contribution is -0.119. The largest absolute Gasteiger partial charge is 0.312 e. The summed E-state index contributed by atoms with van der Waals surface area (Å²) in [4.78, 5) is 14.2. The maximum Gasteiger partial charge on any atom is 0.262 e. The molecular weight excluding hydrogens is 372 g/mol. The molecule has 0 bridgehead atoms. The normalized spacial score (nSPS) is 16.4. The zero-order chi connectivity index (χ0) is 18.5. The number of benzene rings is 2. The van der Waals surface area contributed by atoms with Crippen LogP contribution in [0.3, 0.4) is 0 Å². The summed E-state index contributed by atoms with van der Waals surface area (Å²) < 4.78 is 28.4. The highest BCUT2D eigenvalue weighted by atomic mass is 35.5. The van der Waals surface area contributed by atoms with Crippen LogP contribution in [0.15, 0.2) is 35.2 Å². The summed E-state index contributed by atoms with van der Waals surface area (Å²) in [5.74, 6) is 0.154. The van der Waals surface area contributed by atoms with Gasteiger partial charge in [-0.2, -0.15) is 0 Å². The molecule has 2 aromatic carbocycles. The van der Waals surface area contributed by atoms with Gasteiger partial charge in [0.15, 0.2) is 0 Å². The molecule has 1 N–H and O–H groups in total. The predicted molar refractivity (Wildman–Crippen MR) is 102 cm³/mol. The fraction of sp³-hybridized carbons (Fsp3) is 0.316. The van der Waals surface area contributed by atoms with Crippen molar-refractivity contribution in [1.82, 2.24) is 0 Å². The molecule has 0 spiro atoms. The highest BCUT2D eigenvalue weighted by Gasteiger charge is 2.30. The van der Waals surface area contributed by atoms with Gasteiger partial charge < -0.3 is 4.90 Å². The van der Waals surface area contributed by atoms with Crippen LogP contribution >= 0.6 is 11.6 Å². The van der Waals surface area contributed by atoms with E-state index in [4.69, 9.17) is 11.6 Å². The number of amides is 1. The van der Waals surface area contributed by atoms with Crippen LogP contribution in [0.2, 0.25) is 5.02 Å². The smallest absolute Gasteiger partial charge is 0.262 e. The van der Waals surface area contributed by atoms with Gasteiger partial charge in [-0.05, 0) is 67.1 Å². The van der Waals surface area contributed by atoms with Gasteiger partial charge in [0.25, 0.3) is 10.0 Å². The summed E-state index contributed by atoms with van der Waals surface area (Å²) in [6.07, 6.45) is 2.85. The maximum atomic E-state index is 12.8. The molecule has 4 rings (SSSR count). The minimum absolute atomic E-state index is 0.154. The zero-order valence-corrected chi connectivity index (χ0v) is 16.0. The first-order valence-electron chi connectivity index (χ1n) is 8.60. The van der Waals surface area contributed by atoms with E-state index in [-0.39, 0.29) is 10.8 Å². The predicted octanol–water partition coefficient (Wildman–Crippen LogP) is 3.67. The fourth-order valence-electron chi connectivity index (χ4n) is 3.79. The first-order chi connectivity index (χ1) is 12.3. The molecule has 2 aliphatic heterocycles. The van der Waals surface area contributed by atoms with E-state index >= 15 is 0 Å². The lowest BCUT2D eigenvalue weighted by Crippen LogP contribution is -2.39. The number of carbonyl (C=O) groups is 1. The van der Waals surface area contributed by atoms with Gasteiger partial charge in [0, 0.05) is 23.7 Å². The Balaban J connectivity index is 1.74. The van der Waals surface area contributed by atoms with Gasteiger partial charge in [-0.25, -0.2) is 8.42 Å². The minimum Gasteiger partial charge on any atom is -0.312 e. The number of rotatable bonds is 3. The molecule has 0 radical (unpaired) electrons. The van der Waals surface area contributed by atoms with Gasteiger partial charge >= 0.3 is 0 Å². The molecule has 0 fully saturated rings. The lowest BCUT2D eigenvalue weighted by Gasteiger charge is -2.35. The van der Waals surface area contributed by atoms with Gasteiger partial charge in [-0.3, -0.25) is 9.52 Å². The standard InChI is InChI=1S/C19H19ClN2O3S/c1-12-4-6-15(20)11-17(12)26(24,25)21-16-9-13-3-2-8-22-18(23)7-5-14(10-16)19(13)22/h4,6,9-11,21H,2-3,5,7-8H2,1H3. The summed E-state index contributed by atoms with van der Waals surface area (Å²) in [5.41, 5.74) is 4.21. The summed E-state index contributed by atoms with van der Waals surface area (Å²) in [6, 6.07) is 8.52. The zero-order valence-electron chi connectivity index (χ0n) is 14.4. The number of nitrogens with zero attached hydrogens (tertiary/aromatic N) is 1. The molecule has 2 aliphatic rings. The third-order valence-electron chi connectivity index (χ3n) is 4.97. The second-order valence-electron chi connectivity index (χ2n) is 6.81. The summed E-state index contributed by atoms with van der Waals surface area (Å²) >= 11 is 5.98. The SMILES string of the molecule is Cc1ccc(Cl)cc1S(=O)(=O)Nc1cc2c3c(c1)CCC(=O)N3CCC2. The van der Waals surface area contributed by atoms with E-state index in [1.165, 1.54) is 6.07 Å². The number of nitrogens with one attached hydrogen (secondary N) is 1. The first-order valence-corrected chi connectivity index (χ1v) is 10.5. The van der Waals surface area contributed by atoms with E-state index in [9.17, 15) is 13.2 Å². The Hall–Kier alpha value is -2.05. The Morgan fingerprint density at radius 2 is 1.81 bits per heavy atom. The quantitative estimate of drug-likeness (QED) is 0.869. The third-order valence-corrected chi connectivity index (χ3v) is 6.73. The summed E-state index contributed by atoms with van der Waals surface area (Å²) in [5, 5.41) is 0.380. The molecule has 0 aromatic heterocycles. The van der Waals surface area contributed by atoms with Crippen molar-refractivity contribution in [2.45, 2.75) is 37.5 Å². The molecular formula is C19H19ClN2O3S. The van der Waals surface area contributed by atoms with E-state index < -0.39 is 10.0 Å². The number of hydrogen-bond donors (Lipinski definition) is 1. The maximum absolute atomic E-state index is 12.8. The van der Waals surface area contributed by atoms with Crippen molar-refractivity contribution < 1.29 is 13.2 Å². The third kappa shape index (κ3) is 2.97. The van der Waals surface area contributed by atoms with Gasteiger partial charge in [0.2, 0.25) is 5.91 Å². The van der Waals surface area contributed by atoms with Gasteiger partial charge in [0.05, 0.1) is 10.6 Å². The Labute approximate surface area is 158 Å². The fourth-order valence-corrected chi connectivity index (χ4v) is 5.33. The van der Waals surface area contributed by atoms with Crippen LogP contribution in [0.5, 0.6) is 0 Å². The lowest BCUT2D eigenvalue weighted by atomic mass is 9.91. The van der Waals surface area contributed by atoms with E-state index in [1.807, 2.05) is 17.0 Å². The molecule has 0 saturated carbocycles. The number of hydrogen-bond acceptors (Lipinski definition) is 3. The van der Waals surface area contributed by atoms with Crippen LogP contribution in [-0.2, 0) is 27.7 Å². The highest BCUT2D eigenvalue weighted by molar-refractivity contribution is 7.92. The van der Waals surface area contributed by atoms with E-state index in [0.717, 1.165) is 36.2 Å². The molecule has 2 aromatic rings. The van der Waals surface area contributed by atoms with Gasteiger partial charge in [0.1, 0.15) is 0 Å². The van der Waals surface area contributed by atoms with E-state index in [1.54, 1.807) is 19.1 Å².